The molecule has 1 fully saturated rings. The number of carboxylic acids is 1. The summed E-state index contributed by atoms with van der Waals surface area (Å²) < 4.78 is 13.1. The highest BCUT2D eigenvalue weighted by Gasteiger charge is 2.27. The molecule has 0 atom stereocenters. The van der Waals surface area contributed by atoms with E-state index in [1.807, 2.05) is 18.2 Å². The molecule has 6 heteroatoms. The van der Waals surface area contributed by atoms with E-state index in [4.69, 9.17) is 19.7 Å². The van der Waals surface area contributed by atoms with E-state index >= 15 is 0 Å². The molecule has 35 heavy (non-hydrogen) atoms. The normalized spacial score (nSPS) is 18.1. The van der Waals surface area contributed by atoms with Gasteiger partial charge in [0.05, 0.1) is 13.7 Å². The summed E-state index contributed by atoms with van der Waals surface area (Å²) in [6.45, 7) is 5.70. The van der Waals surface area contributed by atoms with Crippen LogP contribution < -0.4 is 4.74 Å². The number of hydrogen-bond acceptors (Lipinski definition) is 4. The van der Waals surface area contributed by atoms with Crippen LogP contribution in [0.2, 0.25) is 0 Å². The molecule has 0 saturated heterocycles. The average Bonchev–Trinajstić information content (AvgIpc) is 3.25. The van der Waals surface area contributed by atoms with E-state index < -0.39 is 5.97 Å². The highest BCUT2D eigenvalue weighted by molar-refractivity contribution is 5.83. The highest BCUT2D eigenvalue weighted by Crippen LogP contribution is 2.40. The number of hydrogen-bond donors (Lipinski definition) is 1. The number of rotatable bonds is 10. The van der Waals surface area contributed by atoms with Crippen molar-refractivity contribution in [1.82, 2.24) is 9.78 Å². The molecule has 0 spiro atoms. The Morgan fingerprint density at radius 1 is 1.03 bits per heavy atom. The smallest absolute Gasteiger partial charge is 0.329 e. The minimum Gasteiger partial charge on any atom is -0.497 e. The maximum absolute atomic E-state index is 10.7. The summed E-state index contributed by atoms with van der Waals surface area (Å²) in [5.41, 5.74) is 5.69. The Labute approximate surface area is 207 Å². The van der Waals surface area contributed by atoms with Gasteiger partial charge in [0.15, 0.2) is 0 Å². The monoisotopic (exact) mass is 476 g/mol. The summed E-state index contributed by atoms with van der Waals surface area (Å²) in [5.74, 6) is 1.24. The quantitative estimate of drug-likeness (QED) is 0.374. The minimum atomic E-state index is -0.903. The topological polar surface area (TPSA) is 73.6 Å². The number of aliphatic carboxylic acids is 1. The Bertz CT molecular complexity index is 1110. The molecule has 1 aromatic heterocycles. The fourth-order valence-corrected chi connectivity index (χ4v) is 5.20. The van der Waals surface area contributed by atoms with Crippen LogP contribution in [0.1, 0.15) is 51.1 Å². The zero-order valence-corrected chi connectivity index (χ0v) is 20.9. The third kappa shape index (κ3) is 6.12. The van der Waals surface area contributed by atoms with E-state index in [1.165, 1.54) is 11.3 Å². The van der Waals surface area contributed by atoms with Gasteiger partial charge >= 0.3 is 5.97 Å². The van der Waals surface area contributed by atoms with Crippen LogP contribution in [0.25, 0.3) is 22.4 Å². The van der Waals surface area contributed by atoms with Crippen LogP contribution in [0, 0.1) is 11.8 Å². The lowest BCUT2D eigenvalue weighted by molar-refractivity contribution is -0.142. The number of aromatic nitrogens is 2. The minimum absolute atomic E-state index is 0.208. The maximum atomic E-state index is 10.7. The van der Waals surface area contributed by atoms with Crippen molar-refractivity contribution in [2.45, 2.75) is 52.0 Å². The predicted molar refractivity (Wildman–Crippen MR) is 138 cm³/mol. The first-order chi connectivity index (χ1) is 17.0. The molecule has 0 radical (unpaired) electrons. The van der Waals surface area contributed by atoms with Crippen LogP contribution in [0.4, 0.5) is 0 Å². The average molecular weight is 477 g/mol. The summed E-state index contributed by atoms with van der Waals surface area (Å²) in [5, 5.41) is 14.0. The van der Waals surface area contributed by atoms with Gasteiger partial charge in [-0.25, -0.2) is 4.79 Å². The van der Waals surface area contributed by atoms with Crippen LogP contribution in [-0.2, 0) is 16.1 Å². The Balaban J connectivity index is 1.62. The first kappa shape index (κ1) is 25.0. The molecule has 186 valence electrons. The molecule has 6 nitrogen and oxygen atoms in total. The fourth-order valence-electron chi connectivity index (χ4n) is 5.20. The zero-order valence-electron chi connectivity index (χ0n) is 20.9. The first-order valence-electron chi connectivity index (χ1n) is 12.6. The molecule has 1 saturated carbocycles. The van der Waals surface area contributed by atoms with Gasteiger partial charge in [-0.1, -0.05) is 56.3 Å². The molecule has 0 unspecified atom stereocenters. The van der Waals surface area contributed by atoms with E-state index in [2.05, 4.69) is 54.9 Å². The maximum Gasteiger partial charge on any atom is 0.329 e. The molecule has 2 aromatic carbocycles. The van der Waals surface area contributed by atoms with Crippen molar-refractivity contribution < 1.29 is 19.4 Å². The predicted octanol–water partition coefficient (Wildman–Crippen LogP) is 6.26. The van der Waals surface area contributed by atoms with Crippen molar-refractivity contribution in [3.05, 3.63) is 60.3 Å². The van der Waals surface area contributed by atoms with Crippen molar-refractivity contribution >= 4 is 5.97 Å². The van der Waals surface area contributed by atoms with Crippen molar-refractivity contribution in [2.75, 3.05) is 20.3 Å². The SMILES string of the molecule is COc1cccc(-c2c(-c3ccccc3)nn(C[C@H]3CC[C@H](COCC(=O)O)CC3)c2C(C)C)c1. The second-order valence-electron chi connectivity index (χ2n) is 9.84. The van der Waals surface area contributed by atoms with Gasteiger partial charge in [0.2, 0.25) is 0 Å². The molecular weight excluding hydrogens is 440 g/mol. The summed E-state index contributed by atoms with van der Waals surface area (Å²) in [4.78, 5) is 10.7. The number of ether oxygens (including phenoxy) is 2. The van der Waals surface area contributed by atoms with Crippen LogP contribution in [0.15, 0.2) is 54.6 Å². The molecule has 0 amide bonds. The van der Waals surface area contributed by atoms with Crippen LogP contribution in [-0.4, -0.2) is 41.2 Å². The van der Waals surface area contributed by atoms with Gasteiger partial charge in [-0.05, 0) is 61.1 Å². The lowest BCUT2D eigenvalue weighted by Crippen LogP contribution is -2.24. The number of carboxylic acid groups (broad SMARTS) is 1. The molecule has 3 aromatic rings. The lowest BCUT2D eigenvalue weighted by atomic mass is 9.82. The fraction of sp³-hybridized carbons (Fsp3) is 0.448. The molecule has 0 bridgehead atoms. The van der Waals surface area contributed by atoms with E-state index in [0.29, 0.717) is 24.4 Å². The van der Waals surface area contributed by atoms with Gasteiger partial charge in [-0.2, -0.15) is 5.10 Å². The number of methoxy groups -OCH3 is 1. The number of benzene rings is 2. The third-order valence-corrected chi connectivity index (χ3v) is 6.92. The van der Waals surface area contributed by atoms with Gasteiger partial charge in [-0.3, -0.25) is 4.68 Å². The standard InChI is InChI=1S/C29H36N2O4/c1-20(2)29-27(24-10-7-11-25(16-24)34-3)28(23-8-5-4-6-9-23)30-31(29)17-21-12-14-22(15-13-21)18-35-19-26(32)33/h4-11,16,20-22H,12-15,17-19H2,1-3H3,(H,32,33)/t21-,22-. The number of nitrogens with zero attached hydrogens (tertiary/aromatic N) is 2. The van der Waals surface area contributed by atoms with Crippen LogP contribution in [0.3, 0.4) is 0 Å². The molecule has 0 aliphatic heterocycles. The van der Waals surface area contributed by atoms with Crippen LogP contribution >= 0.6 is 0 Å². The molecule has 4 rings (SSSR count). The molecule has 1 aliphatic rings. The molecule has 1 N–H and O–H groups in total. The summed E-state index contributed by atoms with van der Waals surface area (Å²) >= 11 is 0. The molecule has 1 aliphatic carbocycles. The Kier molecular flexibility index (Phi) is 8.24. The summed E-state index contributed by atoms with van der Waals surface area (Å²) in [6, 6.07) is 18.7. The van der Waals surface area contributed by atoms with E-state index in [0.717, 1.165) is 54.8 Å². The summed E-state index contributed by atoms with van der Waals surface area (Å²) in [6.07, 6.45) is 4.34. The van der Waals surface area contributed by atoms with Crippen molar-refractivity contribution in [1.29, 1.82) is 0 Å². The lowest BCUT2D eigenvalue weighted by Gasteiger charge is -2.29. The summed E-state index contributed by atoms with van der Waals surface area (Å²) in [7, 11) is 1.70. The Morgan fingerprint density at radius 3 is 2.37 bits per heavy atom. The van der Waals surface area contributed by atoms with Gasteiger partial charge in [0.1, 0.15) is 18.1 Å². The largest absolute Gasteiger partial charge is 0.497 e. The van der Waals surface area contributed by atoms with Gasteiger partial charge in [0, 0.05) is 23.4 Å². The van der Waals surface area contributed by atoms with Crippen molar-refractivity contribution in [3.63, 3.8) is 0 Å². The molecular formula is C29H36N2O4. The third-order valence-electron chi connectivity index (χ3n) is 6.92. The zero-order chi connectivity index (χ0) is 24.8. The van der Waals surface area contributed by atoms with Crippen molar-refractivity contribution in [2.24, 2.45) is 11.8 Å². The first-order valence-corrected chi connectivity index (χ1v) is 12.6. The van der Waals surface area contributed by atoms with E-state index in [-0.39, 0.29) is 6.61 Å². The van der Waals surface area contributed by atoms with E-state index in [9.17, 15) is 4.79 Å². The Hall–Kier alpha value is -3.12. The van der Waals surface area contributed by atoms with Gasteiger partial charge in [0.25, 0.3) is 0 Å². The molecule has 1 heterocycles. The Morgan fingerprint density at radius 2 is 1.71 bits per heavy atom. The van der Waals surface area contributed by atoms with Crippen molar-refractivity contribution in [3.8, 4) is 28.1 Å². The number of carbonyl (C=O) groups is 1. The van der Waals surface area contributed by atoms with Gasteiger partial charge < -0.3 is 14.6 Å². The van der Waals surface area contributed by atoms with Crippen LogP contribution in [0.5, 0.6) is 5.75 Å². The second-order valence-corrected chi connectivity index (χ2v) is 9.84. The van der Waals surface area contributed by atoms with E-state index in [1.54, 1.807) is 7.11 Å². The van der Waals surface area contributed by atoms with Gasteiger partial charge in [-0.15, -0.1) is 0 Å². The second kappa shape index (κ2) is 11.5. The highest BCUT2D eigenvalue weighted by atomic mass is 16.5.